The van der Waals surface area contributed by atoms with E-state index < -0.39 is 6.16 Å². The maximum Gasteiger partial charge on any atom is 0.513 e. The number of anilines is 3. The highest BCUT2D eigenvalue weighted by Crippen LogP contribution is 2.35. The Balaban J connectivity index is 1.35. The summed E-state index contributed by atoms with van der Waals surface area (Å²) >= 11 is 0. The minimum Gasteiger partial charge on any atom is -0.497 e. The van der Waals surface area contributed by atoms with Gasteiger partial charge in [-0.25, -0.2) is 4.79 Å². The smallest absolute Gasteiger partial charge is 0.497 e. The molecule has 0 aliphatic rings. The molecular weight excluding hydrogens is 590 g/mol. The van der Waals surface area contributed by atoms with Crippen LogP contribution in [-0.4, -0.2) is 32.4 Å². The van der Waals surface area contributed by atoms with E-state index in [1.165, 1.54) is 6.92 Å². The van der Waals surface area contributed by atoms with E-state index in [9.17, 15) is 9.59 Å². The van der Waals surface area contributed by atoms with Crippen LogP contribution >= 0.6 is 0 Å². The van der Waals surface area contributed by atoms with Crippen LogP contribution in [0.5, 0.6) is 11.5 Å². The van der Waals surface area contributed by atoms with E-state index >= 15 is 0 Å². The van der Waals surface area contributed by atoms with Crippen molar-refractivity contribution in [2.24, 2.45) is 0 Å². The molecule has 0 aliphatic carbocycles. The second-order valence-electron chi connectivity index (χ2n) is 10.7. The third-order valence-electron chi connectivity index (χ3n) is 7.32. The van der Waals surface area contributed by atoms with Crippen molar-refractivity contribution in [1.82, 2.24) is 0 Å². The molecule has 5 rings (SSSR count). The molecule has 0 N–H and O–H groups in total. The lowest BCUT2D eigenvalue weighted by molar-refractivity contribution is -0.141. The highest BCUT2D eigenvalue weighted by molar-refractivity contribution is 5.92. The number of carbonyl (C=O) groups excluding carboxylic acids is 2. The highest BCUT2D eigenvalue weighted by Gasteiger charge is 2.13. The van der Waals surface area contributed by atoms with E-state index in [-0.39, 0.29) is 12.6 Å². The van der Waals surface area contributed by atoms with Gasteiger partial charge in [-0.2, -0.15) is 0 Å². The van der Waals surface area contributed by atoms with Crippen LogP contribution in [0.25, 0.3) is 11.6 Å². The molecule has 5 aromatic carbocycles. The van der Waals surface area contributed by atoms with Gasteiger partial charge in [0.2, 0.25) is 0 Å². The number of hydrogen-bond acceptors (Lipinski definition) is 7. The minimum atomic E-state index is -0.781. The van der Waals surface area contributed by atoms with E-state index in [0.717, 1.165) is 45.1 Å². The van der Waals surface area contributed by atoms with Crippen molar-refractivity contribution in [1.29, 1.82) is 0 Å². The molecule has 0 heterocycles. The average Bonchev–Trinajstić information content (AvgIpc) is 3.11. The average molecular weight is 628 g/mol. The van der Waals surface area contributed by atoms with E-state index in [4.69, 9.17) is 18.9 Å². The van der Waals surface area contributed by atoms with Crippen molar-refractivity contribution in [3.63, 3.8) is 0 Å². The first-order chi connectivity index (χ1) is 23.0. The molecule has 0 bridgehead atoms. The third-order valence-corrected chi connectivity index (χ3v) is 7.32. The summed E-state index contributed by atoms with van der Waals surface area (Å²) < 4.78 is 20.8. The second-order valence-corrected chi connectivity index (χ2v) is 10.7. The highest BCUT2D eigenvalue weighted by atomic mass is 16.7. The van der Waals surface area contributed by atoms with Crippen molar-refractivity contribution in [3.8, 4) is 11.5 Å². The molecule has 0 aromatic heterocycles. The van der Waals surface area contributed by atoms with Crippen LogP contribution in [0.1, 0.15) is 36.5 Å². The SMILES string of the molecule is COc1ccc(C(=Cc2ccc(N(c3ccccc3)c3ccccc3)cc2)c2ccc(OC(=O)OCCCCOC(C)=O)cc2)cc1. The van der Waals surface area contributed by atoms with E-state index in [2.05, 4.69) is 59.5 Å². The predicted molar refractivity (Wildman–Crippen MR) is 185 cm³/mol. The van der Waals surface area contributed by atoms with Crippen molar-refractivity contribution < 1.29 is 28.5 Å². The van der Waals surface area contributed by atoms with Gasteiger partial charge in [-0.05, 0) is 102 Å². The first kappa shape index (κ1) is 32.6. The Morgan fingerprint density at radius 3 is 1.60 bits per heavy atom. The Morgan fingerprint density at radius 2 is 1.09 bits per heavy atom. The lowest BCUT2D eigenvalue weighted by Crippen LogP contribution is -2.12. The second kappa shape index (κ2) is 16.5. The maximum absolute atomic E-state index is 12.2. The van der Waals surface area contributed by atoms with Crippen molar-refractivity contribution in [2.45, 2.75) is 19.8 Å². The van der Waals surface area contributed by atoms with Gasteiger partial charge in [0.05, 0.1) is 20.3 Å². The molecule has 47 heavy (non-hydrogen) atoms. The molecule has 0 saturated heterocycles. The first-order valence-electron chi connectivity index (χ1n) is 15.4. The lowest BCUT2D eigenvalue weighted by Gasteiger charge is -2.25. The van der Waals surface area contributed by atoms with Crippen molar-refractivity contribution in [3.05, 3.63) is 150 Å². The maximum atomic E-state index is 12.2. The number of carbonyl (C=O) groups is 2. The summed E-state index contributed by atoms with van der Waals surface area (Å²) in [5.41, 5.74) is 7.16. The number of esters is 1. The number of unbranched alkanes of at least 4 members (excludes halogenated alkanes) is 1. The molecule has 0 amide bonds. The molecule has 0 radical (unpaired) electrons. The number of rotatable bonds is 13. The van der Waals surface area contributed by atoms with Gasteiger partial charge in [-0.1, -0.05) is 72.8 Å². The van der Waals surface area contributed by atoms with Gasteiger partial charge in [0.15, 0.2) is 0 Å². The van der Waals surface area contributed by atoms with Crippen LogP contribution in [0.2, 0.25) is 0 Å². The van der Waals surface area contributed by atoms with Crippen LogP contribution in [0, 0.1) is 0 Å². The predicted octanol–water partition coefficient (Wildman–Crippen LogP) is 9.61. The Kier molecular flexibility index (Phi) is 11.4. The van der Waals surface area contributed by atoms with Crippen molar-refractivity contribution >= 4 is 40.8 Å². The summed E-state index contributed by atoms with van der Waals surface area (Å²) in [6.07, 6.45) is 2.52. The van der Waals surface area contributed by atoms with E-state index in [0.29, 0.717) is 25.2 Å². The van der Waals surface area contributed by atoms with Crippen LogP contribution in [0.3, 0.4) is 0 Å². The zero-order valence-electron chi connectivity index (χ0n) is 26.5. The molecule has 0 aliphatic heterocycles. The minimum absolute atomic E-state index is 0.176. The van der Waals surface area contributed by atoms with Gasteiger partial charge >= 0.3 is 12.1 Å². The summed E-state index contributed by atoms with van der Waals surface area (Å²) in [5, 5.41) is 0. The van der Waals surface area contributed by atoms with Gasteiger partial charge in [0.25, 0.3) is 0 Å². The Labute approximate surface area is 275 Å². The Hall–Kier alpha value is -5.82. The fourth-order valence-electron chi connectivity index (χ4n) is 5.00. The van der Waals surface area contributed by atoms with Gasteiger partial charge in [0, 0.05) is 24.0 Å². The zero-order valence-corrected chi connectivity index (χ0v) is 26.5. The normalized spacial score (nSPS) is 11.0. The van der Waals surface area contributed by atoms with Crippen LogP contribution < -0.4 is 14.4 Å². The molecule has 5 aromatic rings. The zero-order chi connectivity index (χ0) is 32.8. The summed E-state index contributed by atoms with van der Waals surface area (Å²) in [4.78, 5) is 25.3. The van der Waals surface area contributed by atoms with Gasteiger partial charge < -0.3 is 23.8 Å². The Morgan fingerprint density at radius 1 is 0.596 bits per heavy atom. The molecular formula is C40H37NO6. The summed E-state index contributed by atoms with van der Waals surface area (Å²) in [6.45, 7) is 1.83. The van der Waals surface area contributed by atoms with Crippen LogP contribution in [0.4, 0.5) is 21.9 Å². The van der Waals surface area contributed by atoms with Crippen molar-refractivity contribution in [2.75, 3.05) is 25.2 Å². The van der Waals surface area contributed by atoms with Gasteiger partial charge in [-0.15, -0.1) is 0 Å². The number of benzene rings is 5. The fourth-order valence-corrected chi connectivity index (χ4v) is 5.00. The fraction of sp³-hybridized carbons (Fsp3) is 0.150. The van der Waals surface area contributed by atoms with Gasteiger partial charge in [-0.3, -0.25) is 4.79 Å². The molecule has 0 fully saturated rings. The molecule has 7 heteroatoms. The number of ether oxygens (including phenoxy) is 4. The monoisotopic (exact) mass is 627 g/mol. The van der Waals surface area contributed by atoms with Gasteiger partial charge in [0.1, 0.15) is 11.5 Å². The molecule has 0 atom stereocenters. The number of para-hydroxylation sites is 2. The Bertz CT molecular complexity index is 1710. The van der Waals surface area contributed by atoms with E-state index in [1.54, 1.807) is 19.2 Å². The largest absolute Gasteiger partial charge is 0.513 e. The first-order valence-corrected chi connectivity index (χ1v) is 15.4. The molecule has 238 valence electrons. The molecule has 0 spiro atoms. The summed E-state index contributed by atoms with van der Waals surface area (Å²) in [6, 6.07) is 44.3. The number of hydrogen-bond donors (Lipinski definition) is 0. The topological polar surface area (TPSA) is 74.3 Å². The van der Waals surface area contributed by atoms with Crippen LogP contribution in [0.15, 0.2) is 133 Å². The molecule has 0 saturated carbocycles. The molecule has 7 nitrogen and oxygen atoms in total. The number of methoxy groups -OCH3 is 1. The summed E-state index contributed by atoms with van der Waals surface area (Å²) in [7, 11) is 1.65. The lowest BCUT2D eigenvalue weighted by atomic mass is 9.95. The third kappa shape index (κ3) is 9.34. The van der Waals surface area contributed by atoms with E-state index in [1.807, 2.05) is 72.8 Å². The number of nitrogens with zero attached hydrogens (tertiary/aromatic N) is 1. The van der Waals surface area contributed by atoms with Crippen LogP contribution in [-0.2, 0) is 14.3 Å². The quantitative estimate of drug-likeness (QED) is 0.0557. The molecule has 0 unspecified atom stereocenters. The standard InChI is InChI=1S/C40H37NO6/c1-30(42)45-27-9-10-28-46-40(43)47-38-25-19-33(20-26-38)39(32-17-23-37(44-2)24-18-32)29-31-15-21-36(22-16-31)41(34-11-5-3-6-12-34)35-13-7-4-8-14-35/h3-8,11-26,29H,9-10,27-28H2,1-2H3. The summed E-state index contributed by atoms with van der Waals surface area (Å²) in [5.74, 6) is 0.817.